The molecule has 1 unspecified atom stereocenters. The van der Waals surface area contributed by atoms with Gasteiger partial charge < -0.3 is 25.1 Å². The van der Waals surface area contributed by atoms with Gasteiger partial charge in [-0.05, 0) is 24.1 Å². The number of ether oxygens (including phenoxy) is 3. The van der Waals surface area contributed by atoms with E-state index in [-0.39, 0.29) is 12.6 Å². The molecule has 0 aromatic heterocycles. The molecule has 0 amide bonds. The van der Waals surface area contributed by atoms with E-state index in [4.69, 9.17) is 25.1 Å². The van der Waals surface area contributed by atoms with Gasteiger partial charge in [0.1, 0.15) is 13.2 Å². The van der Waals surface area contributed by atoms with Crippen LogP contribution in [-0.4, -0.2) is 38.1 Å². The number of hydrogen-bond acceptors (Lipinski definition) is 5. The largest absolute Gasteiger partial charge is 0.493 e. The predicted molar refractivity (Wildman–Crippen MR) is 62.7 cm³/mol. The van der Waals surface area contributed by atoms with Crippen LogP contribution < -0.4 is 19.9 Å². The minimum Gasteiger partial charge on any atom is -0.493 e. The van der Waals surface area contributed by atoms with Gasteiger partial charge in [-0.3, -0.25) is 0 Å². The van der Waals surface area contributed by atoms with Gasteiger partial charge in [-0.25, -0.2) is 0 Å². The molecule has 1 aromatic rings. The molecule has 1 aliphatic heterocycles. The highest BCUT2D eigenvalue weighted by molar-refractivity contribution is 5.54. The van der Waals surface area contributed by atoms with Crippen molar-refractivity contribution < 1.29 is 19.3 Å². The first-order chi connectivity index (χ1) is 8.24. The second-order valence-electron chi connectivity index (χ2n) is 3.97. The Labute approximate surface area is 100 Å². The Balaban J connectivity index is 2.29. The molecule has 0 saturated heterocycles. The predicted octanol–water partition coefficient (Wildman–Crippen LogP) is 0.328. The lowest BCUT2D eigenvalue weighted by Crippen LogP contribution is -2.27. The van der Waals surface area contributed by atoms with E-state index in [9.17, 15) is 0 Å². The third kappa shape index (κ3) is 2.62. The molecule has 5 nitrogen and oxygen atoms in total. The van der Waals surface area contributed by atoms with Gasteiger partial charge in [-0.2, -0.15) is 0 Å². The Kier molecular flexibility index (Phi) is 3.71. The van der Waals surface area contributed by atoms with E-state index in [2.05, 4.69) is 0 Å². The summed E-state index contributed by atoms with van der Waals surface area (Å²) in [5, 5.41) is 8.95. The molecule has 3 N–H and O–H groups in total. The van der Waals surface area contributed by atoms with Crippen molar-refractivity contribution in [3.8, 4) is 17.2 Å². The number of rotatable bonds is 4. The topological polar surface area (TPSA) is 73.9 Å². The van der Waals surface area contributed by atoms with E-state index < -0.39 is 0 Å². The third-order valence-corrected chi connectivity index (χ3v) is 2.62. The van der Waals surface area contributed by atoms with Crippen molar-refractivity contribution in [1.29, 1.82) is 0 Å². The molecule has 17 heavy (non-hydrogen) atoms. The lowest BCUT2D eigenvalue weighted by molar-refractivity contribution is 0.165. The van der Waals surface area contributed by atoms with Crippen molar-refractivity contribution in [2.24, 2.45) is 5.73 Å². The van der Waals surface area contributed by atoms with Crippen molar-refractivity contribution in [3.05, 3.63) is 17.7 Å². The molecule has 1 aromatic carbocycles. The molecule has 0 aliphatic carbocycles. The Bertz CT molecular complexity index is 377. The third-order valence-electron chi connectivity index (χ3n) is 2.62. The SMILES string of the molecule is COc1cc(CC(N)CO)cc2c1OCCO2. The van der Waals surface area contributed by atoms with Gasteiger partial charge >= 0.3 is 0 Å². The number of benzene rings is 1. The molecule has 0 saturated carbocycles. The monoisotopic (exact) mass is 239 g/mol. The molecular weight excluding hydrogens is 222 g/mol. The lowest BCUT2D eigenvalue weighted by Gasteiger charge is -2.22. The van der Waals surface area contributed by atoms with Gasteiger partial charge in [0, 0.05) is 6.04 Å². The second kappa shape index (κ2) is 5.25. The second-order valence-corrected chi connectivity index (χ2v) is 3.97. The fourth-order valence-electron chi connectivity index (χ4n) is 1.81. The van der Waals surface area contributed by atoms with Crippen LogP contribution in [0.25, 0.3) is 0 Å². The Morgan fingerprint density at radius 3 is 2.88 bits per heavy atom. The van der Waals surface area contributed by atoms with Gasteiger partial charge in [0.15, 0.2) is 11.5 Å². The highest BCUT2D eigenvalue weighted by Crippen LogP contribution is 2.40. The lowest BCUT2D eigenvalue weighted by atomic mass is 10.1. The number of aliphatic hydroxyl groups is 1. The van der Waals surface area contributed by atoms with Crippen LogP contribution >= 0.6 is 0 Å². The molecule has 0 spiro atoms. The molecule has 1 aliphatic rings. The van der Waals surface area contributed by atoms with Gasteiger partial charge in [-0.15, -0.1) is 0 Å². The first-order valence-electron chi connectivity index (χ1n) is 5.57. The summed E-state index contributed by atoms with van der Waals surface area (Å²) in [6.07, 6.45) is 0.573. The zero-order valence-corrected chi connectivity index (χ0v) is 9.81. The summed E-state index contributed by atoms with van der Waals surface area (Å²) in [7, 11) is 1.59. The van der Waals surface area contributed by atoms with Gasteiger partial charge in [-0.1, -0.05) is 0 Å². The number of fused-ring (bicyclic) bond motifs is 1. The van der Waals surface area contributed by atoms with Crippen molar-refractivity contribution in [2.75, 3.05) is 26.9 Å². The summed E-state index contributed by atoms with van der Waals surface area (Å²) < 4.78 is 16.3. The number of nitrogens with two attached hydrogens (primary N) is 1. The zero-order valence-electron chi connectivity index (χ0n) is 9.81. The van der Waals surface area contributed by atoms with Crippen LogP contribution in [0.1, 0.15) is 5.56 Å². The Morgan fingerprint density at radius 1 is 1.41 bits per heavy atom. The van der Waals surface area contributed by atoms with Crippen LogP contribution in [0, 0.1) is 0 Å². The van der Waals surface area contributed by atoms with Crippen molar-refractivity contribution >= 4 is 0 Å². The average Bonchev–Trinajstić information content (AvgIpc) is 2.37. The maximum atomic E-state index is 8.95. The molecule has 1 atom stereocenters. The molecule has 0 radical (unpaired) electrons. The fourth-order valence-corrected chi connectivity index (χ4v) is 1.81. The molecular formula is C12H17NO4. The smallest absolute Gasteiger partial charge is 0.203 e. The van der Waals surface area contributed by atoms with Crippen molar-refractivity contribution in [1.82, 2.24) is 0 Å². The van der Waals surface area contributed by atoms with Crippen molar-refractivity contribution in [2.45, 2.75) is 12.5 Å². The summed E-state index contributed by atoms with van der Waals surface area (Å²) in [5.41, 5.74) is 6.68. The number of methoxy groups -OCH3 is 1. The molecule has 1 heterocycles. The van der Waals surface area contributed by atoms with E-state index in [1.54, 1.807) is 7.11 Å². The molecule has 94 valence electrons. The quantitative estimate of drug-likeness (QED) is 0.792. The summed E-state index contributed by atoms with van der Waals surface area (Å²) in [4.78, 5) is 0. The van der Waals surface area contributed by atoms with Crippen LogP contribution in [0.4, 0.5) is 0 Å². The van der Waals surface area contributed by atoms with Crippen LogP contribution in [0.3, 0.4) is 0 Å². The first-order valence-corrected chi connectivity index (χ1v) is 5.57. The van der Waals surface area contributed by atoms with E-state index in [1.807, 2.05) is 12.1 Å². The van der Waals surface area contributed by atoms with Gasteiger partial charge in [0.2, 0.25) is 5.75 Å². The van der Waals surface area contributed by atoms with E-state index in [1.165, 1.54) is 0 Å². The Morgan fingerprint density at radius 2 is 2.18 bits per heavy atom. The molecule has 5 heteroatoms. The fraction of sp³-hybridized carbons (Fsp3) is 0.500. The van der Waals surface area contributed by atoms with E-state index in [0.717, 1.165) is 5.56 Å². The summed E-state index contributed by atoms with van der Waals surface area (Å²) in [5.74, 6) is 1.96. The van der Waals surface area contributed by atoms with Crippen LogP contribution in [0.2, 0.25) is 0 Å². The normalized spacial score (nSPS) is 15.5. The van der Waals surface area contributed by atoms with Gasteiger partial charge in [0.05, 0.1) is 13.7 Å². The average molecular weight is 239 g/mol. The molecule has 2 rings (SSSR count). The first kappa shape index (κ1) is 12.0. The summed E-state index contributed by atoms with van der Waals surface area (Å²) >= 11 is 0. The van der Waals surface area contributed by atoms with Crippen molar-refractivity contribution in [3.63, 3.8) is 0 Å². The van der Waals surface area contributed by atoms with Gasteiger partial charge in [0.25, 0.3) is 0 Å². The molecule has 0 bridgehead atoms. The van der Waals surface area contributed by atoms with Crippen LogP contribution in [0.5, 0.6) is 17.2 Å². The van der Waals surface area contributed by atoms with Crippen LogP contribution in [0.15, 0.2) is 12.1 Å². The van der Waals surface area contributed by atoms with E-state index in [0.29, 0.717) is 36.9 Å². The minimum atomic E-state index is -0.276. The zero-order chi connectivity index (χ0) is 12.3. The minimum absolute atomic E-state index is 0.0449. The maximum absolute atomic E-state index is 8.95. The summed E-state index contributed by atoms with van der Waals surface area (Å²) in [6.45, 7) is 1.02. The number of aliphatic hydroxyl groups excluding tert-OH is 1. The van der Waals surface area contributed by atoms with E-state index >= 15 is 0 Å². The number of hydrogen-bond donors (Lipinski definition) is 2. The standard InChI is InChI=1S/C12H17NO4/c1-15-10-5-8(4-9(13)7-14)6-11-12(10)17-3-2-16-11/h5-6,9,14H,2-4,7,13H2,1H3. The summed E-state index contributed by atoms with van der Waals surface area (Å²) in [6, 6.07) is 3.47. The van der Waals surface area contributed by atoms with Crippen LogP contribution in [-0.2, 0) is 6.42 Å². The molecule has 0 fully saturated rings. The maximum Gasteiger partial charge on any atom is 0.203 e. The highest BCUT2D eigenvalue weighted by Gasteiger charge is 2.18. The highest BCUT2D eigenvalue weighted by atomic mass is 16.6. The Hall–Kier alpha value is -1.46.